The highest BCUT2D eigenvalue weighted by molar-refractivity contribution is 7.09. The topological polar surface area (TPSA) is 55.1 Å². The van der Waals surface area contributed by atoms with Crippen LogP contribution in [0, 0.1) is 0 Å². The molecule has 2 aromatic heterocycles. The molecule has 0 radical (unpaired) electrons. The van der Waals surface area contributed by atoms with Crippen molar-refractivity contribution in [1.29, 1.82) is 0 Å². The Balaban J connectivity index is 1.58. The molecule has 0 amide bonds. The van der Waals surface area contributed by atoms with Crippen LogP contribution in [0.5, 0.6) is 0 Å². The van der Waals surface area contributed by atoms with Gasteiger partial charge in [-0.1, -0.05) is 5.10 Å². The number of thiazole rings is 1. The summed E-state index contributed by atoms with van der Waals surface area (Å²) in [5.41, 5.74) is 0. The predicted molar refractivity (Wildman–Crippen MR) is 65.4 cm³/mol. The zero-order chi connectivity index (χ0) is 11.7. The normalized spacial score (nSPS) is 15.1. The fourth-order valence-corrected chi connectivity index (χ4v) is 2.22. The first-order valence-corrected chi connectivity index (χ1v) is 6.64. The minimum Gasteiger partial charge on any atom is -0.408 e. The molecule has 0 atom stereocenters. The number of likely N-dealkylation sites (N-methyl/N-ethyl adjacent to an activating group) is 1. The van der Waals surface area contributed by atoms with Crippen molar-refractivity contribution in [2.24, 2.45) is 0 Å². The number of anilines is 1. The Morgan fingerprint density at radius 1 is 1.47 bits per heavy atom. The lowest BCUT2D eigenvalue weighted by Crippen LogP contribution is -2.20. The van der Waals surface area contributed by atoms with E-state index in [-0.39, 0.29) is 0 Å². The van der Waals surface area contributed by atoms with Gasteiger partial charge in [-0.15, -0.1) is 16.4 Å². The molecule has 2 heterocycles. The average molecular weight is 250 g/mol. The number of aromatic nitrogens is 3. The summed E-state index contributed by atoms with van der Waals surface area (Å²) in [6, 6.07) is 0.614. The summed E-state index contributed by atoms with van der Waals surface area (Å²) in [6.07, 6.45) is 5.11. The minimum absolute atomic E-state index is 0.517. The molecule has 0 bridgehead atoms. The van der Waals surface area contributed by atoms with Crippen molar-refractivity contribution in [3.63, 3.8) is 0 Å². The molecule has 1 saturated carbocycles. The Bertz CT molecular complexity index is 477. The third-order valence-corrected chi connectivity index (χ3v) is 3.67. The maximum atomic E-state index is 5.63. The van der Waals surface area contributed by atoms with Crippen LogP contribution < -0.4 is 4.90 Å². The summed E-state index contributed by atoms with van der Waals surface area (Å²) in [6.45, 7) is 0.847. The van der Waals surface area contributed by atoms with Gasteiger partial charge in [0.15, 0.2) is 0 Å². The Morgan fingerprint density at radius 3 is 3.06 bits per heavy atom. The Labute approximate surface area is 103 Å². The molecule has 0 aromatic carbocycles. The van der Waals surface area contributed by atoms with Crippen LogP contribution in [0.1, 0.15) is 29.7 Å². The van der Waals surface area contributed by atoms with Crippen molar-refractivity contribution in [3.05, 3.63) is 22.5 Å². The molecule has 90 valence electrons. The molecule has 0 aliphatic heterocycles. The fraction of sp³-hybridized carbons (Fsp3) is 0.545. The van der Waals surface area contributed by atoms with Crippen molar-refractivity contribution < 1.29 is 4.42 Å². The minimum atomic E-state index is 0.517. The highest BCUT2D eigenvalue weighted by atomic mass is 32.1. The molecule has 1 fully saturated rings. The molecular formula is C11H14N4OS. The molecule has 6 heteroatoms. The van der Waals surface area contributed by atoms with Gasteiger partial charge in [-0.25, -0.2) is 4.98 Å². The van der Waals surface area contributed by atoms with E-state index in [4.69, 9.17) is 4.42 Å². The Hall–Kier alpha value is -1.43. The van der Waals surface area contributed by atoms with Crippen LogP contribution in [-0.4, -0.2) is 28.8 Å². The van der Waals surface area contributed by atoms with Gasteiger partial charge in [0, 0.05) is 37.5 Å². The zero-order valence-electron chi connectivity index (χ0n) is 9.67. The van der Waals surface area contributed by atoms with Gasteiger partial charge in [-0.3, -0.25) is 0 Å². The largest absolute Gasteiger partial charge is 0.408 e. The standard InChI is InChI=1S/C11H14N4OS/c1-15(6-4-9-12-5-7-17-9)11-14-13-10(16-11)8-2-3-8/h5,7-8H,2-4,6H2,1H3. The van der Waals surface area contributed by atoms with Gasteiger partial charge in [-0.2, -0.15) is 0 Å². The van der Waals surface area contributed by atoms with Crippen molar-refractivity contribution in [3.8, 4) is 0 Å². The van der Waals surface area contributed by atoms with Crippen LogP contribution in [0.4, 0.5) is 6.01 Å². The maximum absolute atomic E-state index is 5.63. The van der Waals surface area contributed by atoms with E-state index in [1.807, 2.05) is 23.5 Å². The van der Waals surface area contributed by atoms with Crippen LogP contribution in [-0.2, 0) is 6.42 Å². The second kappa shape index (κ2) is 4.44. The van der Waals surface area contributed by atoms with E-state index in [9.17, 15) is 0 Å². The second-order valence-electron chi connectivity index (χ2n) is 4.29. The molecular weight excluding hydrogens is 236 g/mol. The monoisotopic (exact) mass is 250 g/mol. The molecule has 1 aliphatic rings. The van der Waals surface area contributed by atoms with Crippen molar-refractivity contribution in [2.75, 3.05) is 18.5 Å². The van der Waals surface area contributed by atoms with Crippen molar-refractivity contribution >= 4 is 17.4 Å². The number of nitrogens with zero attached hydrogens (tertiary/aromatic N) is 4. The van der Waals surface area contributed by atoms with E-state index < -0.39 is 0 Å². The lowest BCUT2D eigenvalue weighted by molar-refractivity contribution is 0.491. The summed E-state index contributed by atoms with van der Waals surface area (Å²) < 4.78 is 5.63. The molecule has 5 nitrogen and oxygen atoms in total. The van der Waals surface area contributed by atoms with Crippen LogP contribution in [0.2, 0.25) is 0 Å². The summed E-state index contributed by atoms with van der Waals surface area (Å²) >= 11 is 1.68. The Morgan fingerprint density at radius 2 is 2.35 bits per heavy atom. The Kier molecular flexibility index (Phi) is 2.80. The lowest BCUT2D eigenvalue weighted by atomic mass is 10.4. The second-order valence-corrected chi connectivity index (χ2v) is 5.27. The summed E-state index contributed by atoms with van der Waals surface area (Å²) in [7, 11) is 1.97. The molecule has 0 saturated heterocycles. The molecule has 3 rings (SSSR count). The fourth-order valence-electron chi connectivity index (χ4n) is 1.61. The highest BCUT2D eigenvalue weighted by Gasteiger charge is 2.29. The number of hydrogen-bond donors (Lipinski definition) is 0. The molecule has 2 aromatic rings. The van der Waals surface area contributed by atoms with Gasteiger partial charge in [0.05, 0.1) is 5.01 Å². The molecule has 1 aliphatic carbocycles. The molecule has 0 N–H and O–H groups in total. The van der Waals surface area contributed by atoms with Gasteiger partial charge in [0.25, 0.3) is 0 Å². The predicted octanol–water partition coefficient (Wildman–Crippen LogP) is 2.08. The van der Waals surface area contributed by atoms with Gasteiger partial charge >= 0.3 is 6.01 Å². The zero-order valence-corrected chi connectivity index (χ0v) is 10.5. The quantitative estimate of drug-likeness (QED) is 0.813. The number of rotatable bonds is 5. The van der Waals surface area contributed by atoms with Crippen molar-refractivity contribution in [1.82, 2.24) is 15.2 Å². The summed E-state index contributed by atoms with van der Waals surface area (Å²) in [5.74, 6) is 1.31. The van der Waals surface area contributed by atoms with E-state index in [1.165, 1.54) is 12.8 Å². The van der Waals surface area contributed by atoms with Gasteiger partial charge in [0.1, 0.15) is 0 Å². The van der Waals surface area contributed by atoms with E-state index >= 15 is 0 Å². The first-order chi connectivity index (χ1) is 8.33. The van der Waals surface area contributed by atoms with E-state index in [0.717, 1.165) is 23.9 Å². The third kappa shape index (κ3) is 2.46. The van der Waals surface area contributed by atoms with Crippen LogP contribution in [0.3, 0.4) is 0 Å². The maximum Gasteiger partial charge on any atom is 0.317 e. The van der Waals surface area contributed by atoms with Gasteiger partial charge < -0.3 is 9.32 Å². The SMILES string of the molecule is CN(CCc1nccs1)c1nnc(C2CC2)o1. The van der Waals surface area contributed by atoms with E-state index in [0.29, 0.717) is 11.9 Å². The molecule has 17 heavy (non-hydrogen) atoms. The van der Waals surface area contributed by atoms with Gasteiger partial charge in [0.2, 0.25) is 5.89 Å². The lowest BCUT2D eigenvalue weighted by Gasteiger charge is -2.12. The third-order valence-electron chi connectivity index (χ3n) is 2.83. The molecule has 0 unspecified atom stereocenters. The summed E-state index contributed by atoms with van der Waals surface area (Å²) in [4.78, 5) is 6.24. The number of hydrogen-bond acceptors (Lipinski definition) is 6. The highest BCUT2D eigenvalue weighted by Crippen LogP contribution is 2.39. The van der Waals surface area contributed by atoms with E-state index in [2.05, 4.69) is 15.2 Å². The smallest absolute Gasteiger partial charge is 0.317 e. The first-order valence-electron chi connectivity index (χ1n) is 5.76. The average Bonchev–Trinajstić information content (AvgIpc) is 2.88. The first kappa shape index (κ1) is 10.7. The molecule has 0 spiro atoms. The van der Waals surface area contributed by atoms with Crippen molar-refractivity contribution in [2.45, 2.75) is 25.2 Å². The van der Waals surface area contributed by atoms with Gasteiger partial charge in [-0.05, 0) is 12.8 Å². The van der Waals surface area contributed by atoms with Crippen LogP contribution in [0.15, 0.2) is 16.0 Å². The van der Waals surface area contributed by atoms with Crippen LogP contribution in [0.25, 0.3) is 0 Å². The van der Waals surface area contributed by atoms with E-state index in [1.54, 1.807) is 11.3 Å². The summed E-state index contributed by atoms with van der Waals surface area (Å²) in [5, 5.41) is 11.3. The van der Waals surface area contributed by atoms with Crippen LogP contribution >= 0.6 is 11.3 Å².